The quantitative estimate of drug-likeness (QED) is 0.847. The van der Waals surface area contributed by atoms with Crippen LogP contribution in [0.4, 0.5) is 0 Å². The lowest BCUT2D eigenvalue weighted by Crippen LogP contribution is -2.33. The molecule has 0 radical (unpaired) electrons. The second kappa shape index (κ2) is 4.55. The molecule has 1 aliphatic carbocycles. The zero-order valence-corrected chi connectivity index (χ0v) is 12.8. The van der Waals surface area contributed by atoms with Crippen LogP contribution >= 0.6 is 0 Å². The first-order valence-electron chi connectivity index (χ1n) is 7.86. The van der Waals surface area contributed by atoms with Crippen molar-refractivity contribution in [3.8, 4) is 34.1 Å². The van der Waals surface area contributed by atoms with E-state index in [1.807, 2.05) is 12.1 Å². The molecule has 2 aromatic rings. The van der Waals surface area contributed by atoms with Crippen LogP contribution in [0.25, 0.3) is 11.1 Å². The van der Waals surface area contributed by atoms with Gasteiger partial charge in [-0.2, -0.15) is 0 Å². The SMILES string of the molecule is COc1ccc2c(c1O)C[C@H]1NCCc3cc4c(c-2c31)OCO4. The minimum atomic E-state index is 0.189. The molecule has 0 fully saturated rings. The number of hydrogen-bond acceptors (Lipinski definition) is 5. The molecule has 0 bridgehead atoms. The second-order valence-corrected chi connectivity index (χ2v) is 6.16. The first-order chi connectivity index (χ1) is 11.3. The van der Waals surface area contributed by atoms with Crippen molar-refractivity contribution in [2.24, 2.45) is 0 Å². The van der Waals surface area contributed by atoms with Gasteiger partial charge in [0, 0.05) is 17.2 Å². The third kappa shape index (κ3) is 1.65. The number of ether oxygens (including phenoxy) is 3. The molecule has 2 N–H and O–H groups in total. The molecule has 5 rings (SSSR count). The van der Waals surface area contributed by atoms with E-state index in [4.69, 9.17) is 14.2 Å². The topological polar surface area (TPSA) is 60.0 Å². The highest BCUT2D eigenvalue weighted by Gasteiger charge is 2.36. The van der Waals surface area contributed by atoms with Gasteiger partial charge in [0.2, 0.25) is 6.79 Å². The van der Waals surface area contributed by atoms with Gasteiger partial charge in [-0.3, -0.25) is 0 Å². The maximum atomic E-state index is 10.6. The van der Waals surface area contributed by atoms with Gasteiger partial charge in [0.25, 0.3) is 0 Å². The Kier molecular flexibility index (Phi) is 2.59. The lowest BCUT2D eigenvalue weighted by Gasteiger charge is -2.35. The fourth-order valence-corrected chi connectivity index (χ4v) is 4.06. The molecule has 0 saturated carbocycles. The van der Waals surface area contributed by atoms with E-state index < -0.39 is 0 Å². The number of nitrogens with one attached hydrogen (secondary N) is 1. The molecular formula is C18H17NO4. The van der Waals surface area contributed by atoms with Crippen molar-refractivity contribution in [2.75, 3.05) is 20.4 Å². The first-order valence-corrected chi connectivity index (χ1v) is 7.86. The maximum absolute atomic E-state index is 10.6. The average Bonchev–Trinajstić information content (AvgIpc) is 3.04. The summed E-state index contributed by atoms with van der Waals surface area (Å²) in [5, 5.41) is 14.2. The third-order valence-electron chi connectivity index (χ3n) is 5.07. The Bertz CT molecular complexity index is 831. The minimum Gasteiger partial charge on any atom is -0.504 e. The average molecular weight is 311 g/mol. The van der Waals surface area contributed by atoms with Gasteiger partial charge in [-0.15, -0.1) is 0 Å². The Balaban J connectivity index is 1.85. The minimum absolute atomic E-state index is 0.189. The number of phenolic OH excluding ortho intramolecular Hbond substituents is 1. The monoisotopic (exact) mass is 311 g/mol. The first kappa shape index (κ1) is 13.1. The number of methoxy groups -OCH3 is 1. The molecule has 0 amide bonds. The summed E-state index contributed by atoms with van der Waals surface area (Å²) in [4.78, 5) is 0. The smallest absolute Gasteiger partial charge is 0.231 e. The standard InChI is InChI=1S/C18H17NO4/c1-21-13-3-2-10-11(17(13)20)7-12-15-9(4-5-19-12)6-14-18(16(10)15)23-8-22-14/h2-3,6,12,19-20H,4-5,7-8H2,1H3/t12-/m1/s1. The fraction of sp³-hybridized carbons (Fsp3) is 0.333. The molecule has 2 aromatic carbocycles. The molecule has 0 aromatic heterocycles. The van der Waals surface area contributed by atoms with Gasteiger partial charge in [0.1, 0.15) is 0 Å². The fourth-order valence-electron chi connectivity index (χ4n) is 4.06. The second-order valence-electron chi connectivity index (χ2n) is 6.16. The molecule has 0 spiro atoms. The highest BCUT2D eigenvalue weighted by atomic mass is 16.7. The van der Waals surface area contributed by atoms with Gasteiger partial charge in [-0.05, 0) is 54.3 Å². The number of fused-ring (bicyclic) bond motifs is 4. The van der Waals surface area contributed by atoms with Crippen LogP contribution in [0.5, 0.6) is 23.0 Å². The summed E-state index contributed by atoms with van der Waals surface area (Å²) in [5.41, 5.74) is 5.59. The predicted octanol–water partition coefficient (Wildman–Crippen LogP) is 2.54. The summed E-state index contributed by atoms with van der Waals surface area (Å²) >= 11 is 0. The molecule has 3 aliphatic rings. The number of benzene rings is 2. The highest BCUT2D eigenvalue weighted by Crippen LogP contribution is 2.54. The van der Waals surface area contributed by atoms with Crippen LogP contribution in [0.2, 0.25) is 0 Å². The van der Waals surface area contributed by atoms with Crippen LogP contribution in [0.15, 0.2) is 18.2 Å². The van der Waals surface area contributed by atoms with Crippen LogP contribution in [-0.4, -0.2) is 25.6 Å². The van der Waals surface area contributed by atoms with E-state index >= 15 is 0 Å². The van der Waals surface area contributed by atoms with Gasteiger partial charge in [0.15, 0.2) is 23.0 Å². The van der Waals surface area contributed by atoms with Crippen LogP contribution in [0.1, 0.15) is 22.7 Å². The Morgan fingerprint density at radius 2 is 2.22 bits per heavy atom. The number of rotatable bonds is 1. The summed E-state index contributed by atoms with van der Waals surface area (Å²) < 4.78 is 16.7. The molecule has 118 valence electrons. The summed E-state index contributed by atoms with van der Waals surface area (Å²) in [7, 11) is 1.57. The van der Waals surface area contributed by atoms with E-state index in [0.717, 1.165) is 47.6 Å². The van der Waals surface area contributed by atoms with Gasteiger partial charge < -0.3 is 24.6 Å². The molecule has 2 heterocycles. The van der Waals surface area contributed by atoms with E-state index in [0.29, 0.717) is 5.75 Å². The van der Waals surface area contributed by atoms with E-state index in [9.17, 15) is 5.11 Å². The van der Waals surface area contributed by atoms with Crippen molar-refractivity contribution in [3.63, 3.8) is 0 Å². The third-order valence-corrected chi connectivity index (χ3v) is 5.07. The van der Waals surface area contributed by atoms with E-state index in [1.165, 1.54) is 11.1 Å². The number of phenols is 1. The molecule has 23 heavy (non-hydrogen) atoms. The Morgan fingerprint density at radius 1 is 1.30 bits per heavy atom. The molecule has 2 aliphatic heterocycles. The highest BCUT2D eigenvalue weighted by molar-refractivity contribution is 5.85. The van der Waals surface area contributed by atoms with Gasteiger partial charge in [-0.25, -0.2) is 0 Å². The molecule has 0 unspecified atom stereocenters. The Morgan fingerprint density at radius 3 is 3.09 bits per heavy atom. The molecular weight excluding hydrogens is 294 g/mol. The molecule has 5 nitrogen and oxygen atoms in total. The summed E-state index contributed by atoms with van der Waals surface area (Å²) in [6, 6.07) is 6.13. The number of hydrogen-bond donors (Lipinski definition) is 2. The van der Waals surface area contributed by atoms with E-state index in [1.54, 1.807) is 7.11 Å². The van der Waals surface area contributed by atoms with Gasteiger partial charge >= 0.3 is 0 Å². The predicted molar refractivity (Wildman–Crippen MR) is 84.4 cm³/mol. The van der Waals surface area contributed by atoms with Crippen molar-refractivity contribution in [2.45, 2.75) is 18.9 Å². The Hall–Kier alpha value is -2.40. The van der Waals surface area contributed by atoms with Crippen LogP contribution in [0, 0.1) is 0 Å². The normalized spacial score (nSPS) is 20.0. The summed E-state index contributed by atoms with van der Waals surface area (Å²) in [6.07, 6.45) is 1.73. The van der Waals surface area contributed by atoms with Gasteiger partial charge in [-0.1, -0.05) is 0 Å². The zero-order chi connectivity index (χ0) is 15.6. The van der Waals surface area contributed by atoms with Crippen molar-refractivity contribution in [1.82, 2.24) is 5.32 Å². The van der Waals surface area contributed by atoms with Crippen LogP contribution < -0.4 is 19.5 Å². The van der Waals surface area contributed by atoms with Gasteiger partial charge in [0.05, 0.1) is 7.11 Å². The van der Waals surface area contributed by atoms with Crippen molar-refractivity contribution >= 4 is 0 Å². The van der Waals surface area contributed by atoms with Crippen molar-refractivity contribution in [3.05, 3.63) is 34.9 Å². The maximum Gasteiger partial charge on any atom is 0.231 e. The number of aromatic hydroxyl groups is 1. The molecule has 0 saturated heterocycles. The van der Waals surface area contributed by atoms with Crippen molar-refractivity contribution in [1.29, 1.82) is 0 Å². The van der Waals surface area contributed by atoms with Crippen LogP contribution in [0.3, 0.4) is 0 Å². The van der Waals surface area contributed by atoms with E-state index in [-0.39, 0.29) is 18.6 Å². The lowest BCUT2D eigenvalue weighted by atomic mass is 9.77. The summed E-state index contributed by atoms with van der Waals surface area (Å²) in [6.45, 7) is 1.18. The summed E-state index contributed by atoms with van der Waals surface area (Å²) in [5.74, 6) is 2.33. The lowest BCUT2D eigenvalue weighted by molar-refractivity contribution is 0.174. The Labute approximate surface area is 133 Å². The van der Waals surface area contributed by atoms with E-state index in [2.05, 4.69) is 11.4 Å². The zero-order valence-electron chi connectivity index (χ0n) is 12.8. The van der Waals surface area contributed by atoms with Crippen molar-refractivity contribution < 1.29 is 19.3 Å². The molecule has 5 heteroatoms. The molecule has 1 atom stereocenters. The largest absolute Gasteiger partial charge is 0.504 e. The van der Waals surface area contributed by atoms with Crippen LogP contribution in [-0.2, 0) is 12.8 Å².